The molecule has 0 radical (unpaired) electrons. The lowest BCUT2D eigenvalue weighted by molar-refractivity contribution is -0.129. The number of aromatic nitrogens is 1. The number of para-hydroxylation sites is 1. The van der Waals surface area contributed by atoms with Crippen molar-refractivity contribution in [3.63, 3.8) is 0 Å². The van der Waals surface area contributed by atoms with Crippen molar-refractivity contribution in [2.75, 3.05) is 6.54 Å². The van der Waals surface area contributed by atoms with E-state index in [2.05, 4.69) is 21.7 Å². The molecule has 1 aliphatic carbocycles. The standard InChI is InChI=1S/C16H19N3O2/c20-15(9-16(21)19-12-5-6-12)17-8-7-11-10-18-14-4-2-1-3-13(11)14/h1-4,10,12,18H,5-9H2,(H,17,20)(H,19,21). The number of rotatable bonds is 6. The number of carbonyl (C=O) groups excluding carboxylic acids is 2. The fourth-order valence-corrected chi connectivity index (χ4v) is 2.39. The van der Waals surface area contributed by atoms with Gasteiger partial charge >= 0.3 is 0 Å². The highest BCUT2D eigenvalue weighted by Crippen LogP contribution is 2.19. The number of hydrogen-bond donors (Lipinski definition) is 3. The van der Waals surface area contributed by atoms with E-state index in [9.17, 15) is 9.59 Å². The molecule has 3 rings (SSSR count). The SMILES string of the molecule is O=C(CC(=O)NC1CC1)NCCc1c[nH]c2ccccc12. The molecule has 0 saturated heterocycles. The Labute approximate surface area is 123 Å². The van der Waals surface area contributed by atoms with Crippen LogP contribution in [0.2, 0.25) is 0 Å². The van der Waals surface area contributed by atoms with Gasteiger partial charge in [-0.1, -0.05) is 18.2 Å². The highest BCUT2D eigenvalue weighted by Gasteiger charge is 2.23. The molecule has 0 bridgehead atoms. The molecule has 0 spiro atoms. The van der Waals surface area contributed by atoms with Gasteiger partial charge in [0.25, 0.3) is 0 Å². The van der Waals surface area contributed by atoms with Gasteiger partial charge in [0.05, 0.1) is 0 Å². The van der Waals surface area contributed by atoms with E-state index in [-0.39, 0.29) is 18.2 Å². The third-order valence-electron chi connectivity index (χ3n) is 3.66. The van der Waals surface area contributed by atoms with E-state index in [1.807, 2.05) is 24.4 Å². The van der Waals surface area contributed by atoms with E-state index in [1.54, 1.807) is 0 Å². The minimum atomic E-state index is -0.215. The van der Waals surface area contributed by atoms with Gasteiger partial charge < -0.3 is 15.6 Å². The molecule has 1 aliphatic rings. The molecular weight excluding hydrogens is 266 g/mol. The monoisotopic (exact) mass is 285 g/mol. The largest absolute Gasteiger partial charge is 0.361 e. The molecule has 110 valence electrons. The molecule has 0 unspecified atom stereocenters. The van der Waals surface area contributed by atoms with Crippen molar-refractivity contribution >= 4 is 22.7 Å². The number of carbonyl (C=O) groups is 2. The van der Waals surface area contributed by atoms with Crippen LogP contribution in [0.5, 0.6) is 0 Å². The second-order valence-corrected chi connectivity index (χ2v) is 5.48. The Morgan fingerprint density at radius 3 is 2.81 bits per heavy atom. The molecule has 1 aromatic heterocycles. The third kappa shape index (κ3) is 3.62. The topological polar surface area (TPSA) is 74.0 Å². The lowest BCUT2D eigenvalue weighted by Gasteiger charge is -2.05. The van der Waals surface area contributed by atoms with Crippen LogP contribution < -0.4 is 10.6 Å². The average Bonchev–Trinajstić information content (AvgIpc) is 3.17. The fourth-order valence-electron chi connectivity index (χ4n) is 2.39. The summed E-state index contributed by atoms with van der Waals surface area (Å²) < 4.78 is 0. The lowest BCUT2D eigenvalue weighted by Crippen LogP contribution is -2.33. The zero-order valence-corrected chi connectivity index (χ0v) is 11.8. The maximum absolute atomic E-state index is 11.7. The second kappa shape index (κ2) is 5.99. The van der Waals surface area contributed by atoms with E-state index in [4.69, 9.17) is 0 Å². The van der Waals surface area contributed by atoms with Gasteiger partial charge in [0.1, 0.15) is 6.42 Å². The van der Waals surface area contributed by atoms with E-state index < -0.39 is 0 Å². The molecule has 2 amide bonds. The molecule has 5 nitrogen and oxygen atoms in total. The third-order valence-corrected chi connectivity index (χ3v) is 3.66. The molecule has 1 heterocycles. The van der Waals surface area contributed by atoms with Crippen molar-refractivity contribution in [1.82, 2.24) is 15.6 Å². The maximum Gasteiger partial charge on any atom is 0.229 e. The van der Waals surface area contributed by atoms with Gasteiger partial charge in [-0.15, -0.1) is 0 Å². The Bertz CT molecular complexity index is 658. The van der Waals surface area contributed by atoms with Crippen LogP contribution in [0.4, 0.5) is 0 Å². The molecular formula is C16H19N3O2. The van der Waals surface area contributed by atoms with Gasteiger partial charge in [-0.3, -0.25) is 9.59 Å². The number of benzene rings is 1. The summed E-state index contributed by atoms with van der Waals surface area (Å²) in [6.45, 7) is 0.539. The van der Waals surface area contributed by atoms with Crippen molar-refractivity contribution in [1.29, 1.82) is 0 Å². The van der Waals surface area contributed by atoms with Gasteiger partial charge in [0, 0.05) is 29.7 Å². The fraction of sp³-hybridized carbons (Fsp3) is 0.375. The predicted molar refractivity (Wildman–Crippen MR) is 80.8 cm³/mol. The molecule has 0 aliphatic heterocycles. The maximum atomic E-state index is 11.7. The molecule has 1 aromatic carbocycles. The first-order chi connectivity index (χ1) is 10.2. The minimum Gasteiger partial charge on any atom is -0.361 e. The van der Waals surface area contributed by atoms with Gasteiger partial charge in [0.15, 0.2) is 0 Å². The zero-order chi connectivity index (χ0) is 14.7. The van der Waals surface area contributed by atoms with Gasteiger partial charge in [-0.05, 0) is 30.9 Å². The van der Waals surface area contributed by atoms with Crippen molar-refractivity contribution in [2.24, 2.45) is 0 Å². The van der Waals surface area contributed by atoms with Gasteiger partial charge in [0.2, 0.25) is 11.8 Å². The molecule has 5 heteroatoms. The van der Waals surface area contributed by atoms with E-state index in [1.165, 1.54) is 10.9 Å². The quantitative estimate of drug-likeness (QED) is 0.704. The summed E-state index contributed by atoms with van der Waals surface area (Å²) >= 11 is 0. The first-order valence-electron chi connectivity index (χ1n) is 7.33. The van der Waals surface area contributed by atoms with Gasteiger partial charge in [-0.25, -0.2) is 0 Å². The predicted octanol–water partition coefficient (Wildman–Crippen LogP) is 1.50. The van der Waals surface area contributed by atoms with E-state index >= 15 is 0 Å². The van der Waals surface area contributed by atoms with Crippen molar-refractivity contribution in [3.05, 3.63) is 36.0 Å². The second-order valence-electron chi connectivity index (χ2n) is 5.48. The number of amides is 2. The Balaban J connectivity index is 1.44. The Hall–Kier alpha value is -2.30. The summed E-state index contributed by atoms with van der Waals surface area (Å²) in [5, 5.41) is 6.78. The summed E-state index contributed by atoms with van der Waals surface area (Å²) in [6.07, 6.45) is 4.71. The van der Waals surface area contributed by atoms with Crippen LogP contribution in [0.25, 0.3) is 10.9 Å². The Kier molecular flexibility index (Phi) is 3.90. The van der Waals surface area contributed by atoms with Crippen molar-refractivity contribution < 1.29 is 9.59 Å². The molecule has 21 heavy (non-hydrogen) atoms. The average molecular weight is 285 g/mol. The summed E-state index contributed by atoms with van der Waals surface area (Å²) in [5.74, 6) is -0.393. The summed E-state index contributed by atoms with van der Waals surface area (Å²) in [7, 11) is 0. The van der Waals surface area contributed by atoms with Crippen molar-refractivity contribution in [2.45, 2.75) is 31.7 Å². The molecule has 0 atom stereocenters. The van der Waals surface area contributed by atoms with Crippen LogP contribution in [0.1, 0.15) is 24.8 Å². The van der Waals surface area contributed by atoms with Crippen LogP contribution in [0.3, 0.4) is 0 Å². The van der Waals surface area contributed by atoms with Crippen LogP contribution >= 0.6 is 0 Å². The highest BCUT2D eigenvalue weighted by molar-refractivity contribution is 5.97. The number of H-pyrrole nitrogens is 1. The number of nitrogens with one attached hydrogen (secondary N) is 3. The zero-order valence-electron chi connectivity index (χ0n) is 11.8. The van der Waals surface area contributed by atoms with Crippen molar-refractivity contribution in [3.8, 4) is 0 Å². The number of hydrogen-bond acceptors (Lipinski definition) is 2. The Morgan fingerprint density at radius 1 is 1.19 bits per heavy atom. The number of fused-ring (bicyclic) bond motifs is 1. The Morgan fingerprint density at radius 2 is 2.00 bits per heavy atom. The van der Waals surface area contributed by atoms with Crippen LogP contribution in [-0.2, 0) is 16.0 Å². The molecule has 3 N–H and O–H groups in total. The molecule has 1 fully saturated rings. The number of aromatic amines is 1. The normalized spacial score (nSPS) is 14.1. The first-order valence-corrected chi connectivity index (χ1v) is 7.33. The smallest absolute Gasteiger partial charge is 0.229 e. The minimum absolute atomic E-state index is 0.0790. The van der Waals surface area contributed by atoms with Crippen LogP contribution in [-0.4, -0.2) is 29.4 Å². The van der Waals surface area contributed by atoms with E-state index in [0.29, 0.717) is 12.6 Å². The summed E-state index contributed by atoms with van der Waals surface area (Å²) in [5.41, 5.74) is 2.27. The summed E-state index contributed by atoms with van der Waals surface area (Å²) in [6, 6.07) is 8.38. The molecule has 2 aromatic rings. The molecule has 1 saturated carbocycles. The first kappa shape index (κ1) is 13.7. The lowest BCUT2D eigenvalue weighted by atomic mass is 10.1. The highest BCUT2D eigenvalue weighted by atomic mass is 16.2. The summed E-state index contributed by atoms with van der Waals surface area (Å²) in [4.78, 5) is 26.4. The van der Waals surface area contributed by atoms with Gasteiger partial charge in [-0.2, -0.15) is 0 Å². The van der Waals surface area contributed by atoms with Crippen LogP contribution in [0, 0.1) is 0 Å². The van der Waals surface area contributed by atoms with E-state index in [0.717, 1.165) is 24.8 Å². The van der Waals surface area contributed by atoms with Crippen LogP contribution in [0.15, 0.2) is 30.5 Å².